The molecule has 1 aromatic heterocycles. The molecule has 3 nitrogen and oxygen atoms in total. The lowest BCUT2D eigenvalue weighted by atomic mass is 10.0. The van der Waals surface area contributed by atoms with Gasteiger partial charge in [-0.3, -0.25) is 4.79 Å². The van der Waals surface area contributed by atoms with Crippen molar-refractivity contribution in [3.63, 3.8) is 0 Å². The van der Waals surface area contributed by atoms with Crippen molar-refractivity contribution in [2.45, 2.75) is 20.3 Å². The highest BCUT2D eigenvalue weighted by Crippen LogP contribution is 2.21. The molecule has 2 aromatic rings. The van der Waals surface area contributed by atoms with Gasteiger partial charge in [-0.1, -0.05) is 6.07 Å². The molecule has 0 aliphatic rings. The number of carbonyl (C=O) groups excluding carboxylic acids is 1. The van der Waals surface area contributed by atoms with E-state index in [0.29, 0.717) is 5.69 Å². The van der Waals surface area contributed by atoms with E-state index in [2.05, 4.69) is 11.1 Å². The molecule has 0 aliphatic carbocycles. The van der Waals surface area contributed by atoms with Gasteiger partial charge in [-0.25, -0.2) is 4.98 Å². The van der Waals surface area contributed by atoms with Crippen LogP contribution in [0.5, 0.6) is 0 Å². The zero-order valence-corrected chi connectivity index (χ0v) is 10.7. The standard InChI is InChI=1S/C13H14N2OS/c1-8-4-12(14)9(2)3-10(8)5-13-15-11(6-16)7-17-13/h3-4,6-7H,5,14H2,1-2H3. The van der Waals surface area contributed by atoms with Gasteiger partial charge < -0.3 is 5.73 Å². The summed E-state index contributed by atoms with van der Waals surface area (Å²) >= 11 is 1.51. The predicted octanol–water partition coefficient (Wildman–Crippen LogP) is 2.75. The fourth-order valence-electron chi connectivity index (χ4n) is 1.71. The van der Waals surface area contributed by atoms with Gasteiger partial charge in [0.25, 0.3) is 0 Å². The molecule has 0 aliphatic heterocycles. The molecule has 88 valence electrons. The van der Waals surface area contributed by atoms with E-state index in [1.807, 2.05) is 19.9 Å². The van der Waals surface area contributed by atoms with Crippen LogP contribution in [0.2, 0.25) is 0 Å². The van der Waals surface area contributed by atoms with Crippen LogP contribution in [0.3, 0.4) is 0 Å². The minimum atomic E-state index is 0.509. The van der Waals surface area contributed by atoms with Gasteiger partial charge in [0.15, 0.2) is 6.29 Å². The van der Waals surface area contributed by atoms with E-state index >= 15 is 0 Å². The number of thiazole rings is 1. The van der Waals surface area contributed by atoms with Crippen LogP contribution in [0.25, 0.3) is 0 Å². The van der Waals surface area contributed by atoms with Crippen molar-refractivity contribution < 1.29 is 4.79 Å². The summed E-state index contributed by atoms with van der Waals surface area (Å²) in [5.41, 5.74) is 10.6. The highest BCUT2D eigenvalue weighted by atomic mass is 32.1. The number of hydrogen-bond donors (Lipinski definition) is 1. The van der Waals surface area contributed by atoms with Crippen molar-refractivity contribution >= 4 is 23.3 Å². The third-order valence-corrected chi connectivity index (χ3v) is 3.62. The number of rotatable bonds is 3. The number of aryl methyl sites for hydroxylation is 2. The highest BCUT2D eigenvalue weighted by Gasteiger charge is 2.06. The summed E-state index contributed by atoms with van der Waals surface area (Å²) in [5, 5.41) is 2.74. The molecule has 0 atom stereocenters. The number of nitrogens with two attached hydrogens (primary N) is 1. The molecule has 0 amide bonds. The molecule has 0 saturated carbocycles. The topological polar surface area (TPSA) is 56.0 Å². The number of hydrogen-bond acceptors (Lipinski definition) is 4. The van der Waals surface area contributed by atoms with Gasteiger partial charge in [0.2, 0.25) is 0 Å². The lowest BCUT2D eigenvalue weighted by molar-refractivity contribution is 0.111. The van der Waals surface area contributed by atoms with Crippen LogP contribution in [0, 0.1) is 13.8 Å². The molecule has 0 fully saturated rings. The van der Waals surface area contributed by atoms with Crippen LogP contribution in [0.15, 0.2) is 17.5 Å². The average molecular weight is 246 g/mol. The first-order valence-corrected chi connectivity index (χ1v) is 6.23. The van der Waals surface area contributed by atoms with Crippen LogP contribution < -0.4 is 5.73 Å². The number of benzene rings is 1. The second kappa shape index (κ2) is 4.67. The van der Waals surface area contributed by atoms with E-state index in [9.17, 15) is 4.79 Å². The number of aromatic nitrogens is 1. The maximum atomic E-state index is 10.6. The molecule has 1 aromatic carbocycles. The van der Waals surface area contributed by atoms with Gasteiger partial charge in [-0.2, -0.15) is 0 Å². The summed E-state index contributed by atoms with van der Waals surface area (Å²) < 4.78 is 0. The van der Waals surface area contributed by atoms with Crippen LogP contribution in [0.4, 0.5) is 5.69 Å². The van der Waals surface area contributed by atoms with Gasteiger partial charge in [-0.05, 0) is 36.6 Å². The average Bonchev–Trinajstić information content (AvgIpc) is 2.73. The zero-order valence-electron chi connectivity index (χ0n) is 9.86. The summed E-state index contributed by atoms with van der Waals surface area (Å²) in [6.45, 7) is 4.04. The Morgan fingerprint density at radius 3 is 2.76 bits per heavy atom. The van der Waals surface area contributed by atoms with Gasteiger partial charge in [0.05, 0.1) is 5.01 Å². The Balaban J connectivity index is 2.29. The Morgan fingerprint density at radius 2 is 2.12 bits per heavy atom. The third-order valence-electron chi connectivity index (χ3n) is 2.76. The first-order valence-electron chi connectivity index (χ1n) is 5.35. The Hall–Kier alpha value is -1.68. The lowest BCUT2D eigenvalue weighted by Crippen LogP contribution is -1.97. The van der Waals surface area contributed by atoms with E-state index < -0.39 is 0 Å². The molecular weight excluding hydrogens is 232 g/mol. The summed E-state index contributed by atoms with van der Waals surface area (Å²) in [5.74, 6) is 0. The van der Waals surface area contributed by atoms with E-state index in [1.54, 1.807) is 5.38 Å². The fourth-order valence-corrected chi connectivity index (χ4v) is 2.47. The fraction of sp³-hybridized carbons (Fsp3) is 0.231. The van der Waals surface area contributed by atoms with Crippen molar-refractivity contribution in [1.82, 2.24) is 4.98 Å². The normalized spacial score (nSPS) is 10.5. The first-order chi connectivity index (χ1) is 8.10. The number of carbonyl (C=O) groups is 1. The van der Waals surface area contributed by atoms with Crippen molar-refractivity contribution in [3.8, 4) is 0 Å². The van der Waals surface area contributed by atoms with Gasteiger partial charge in [-0.15, -0.1) is 11.3 Å². The smallest absolute Gasteiger partial charge is 0.169 e. The summed E-state index contributed by atoms with van der Waals surface area (Å²) in [4.78, 5) is 14.8. The third kappa shape index (κ3) is 2.53. The number of nitrogen functional groups attached to an aromatic ring is 1. The maximum Gasteiger partial charge on any atom is 0.169 e. The van der Waals surface area contributed by atoms with E-state index in [0.717, 1.165) is 34.5 Å². The Morgan fingerprint density at radius 1 is 1.35 bits per heavy atom. The van der Waals surface area contributed by atoms with Crippen molar-refractivity contribution in [3.05, 3.63) is 44.9 Å². The van der Waals surface area contributed by atoms with Gasteiger partial charge >= 0.3 is 0 Å². The molecule has 0 bridgehead atoms. The molecule has 2 N–H and O–H groups in total. The van der Waals surface area contributed by atoms with Crippen LogP contribution >= 0.6 is 11.3 Å². The molecule has 0 saturated heterocycles. The largest absolute Gasteiger partial charge is 0.399 e. The molecule has 4 heteroatoms. The molecule has 0 spiro atoms. The Bertz CT molecular complexity index is 561. The minimum absolute atomic E-state index is 0.509. The maximum absolute atomic E-state index is 10.6. The second-order valence-corrected chi connectivity index (χ2v) is 5.04. The molecule has 17 heavy (non-hydrogen) atoms. The van der Waals surface area contributed by atoms with E-state index in [-0.39, 0.29) is 0 Å². The molecule has 0 radical (unpaired) electrons. The molecular formula is C13H14N2OS. The zero-order chi connectivity index (χ0) is 12.4. The predicted molar refractivity (Wildman–Crippen MR) is 70.6 cm³/mol. The molecule has 0 unspecified atom stereocenters. The number of anilines is 1. The Labute approximate surface area is 104 Å². The lowest BCUT2D eigenvalue weighted by Gasteiger charge is -2.08. The molecule has 1 heterocycles. The molecule has 2 rings (SSSR count). The highest BCUT2D eigenvalue weighted by molar-refractivity contribution is 7.09. The monoisotopic (exact) mass is 246 g/mol. The SMILES string of the molecule is Cc1cc(Cc2nc(C=O)cs2)c(C)cc1N. The Kier molecular flexibility index (Phi) is 3.24. The summed E-state index contributed by atoms with van der Waals surface area (Å²) in [6.07, 6.45) is 1.53. The van der Waals surface area contributed by atoms with Gasteiger partial charge in [0.1, 0.15) is 5.69 Å². The van der Waals surface area contributed by atoms with Crippen LogP contribution in [0.1, 0.15) is 32.2 Å². The summed E-state index contributed by atoms with van der Waals surface area (Å²) in [6, 6.07) is 4.07. The number of nitrogens with zero attached hydrogens (tertiary/aromatic N) is 1. The summed E-state index contributed by atoms with van der Waals surface area (Å²) in [7, 11) is 0. The van der Waals surface area contributed by atoms with Crippen LogP contribution in [-0.4, -0.2) is 11.3 Å². The van der Waals surface area contributed by atoms with Crippen molar-refractivity contribution in [2.24, 2.45) is 0 Å². The van der Waals surface area contributed by atoms with Crippen molar-refractivity contribution in [2.75, 3.05) is 5.73 Å². The van der Waals surface area contributed by atoms with E-state index in [4.69, 9.17) is 5.73 Å². The van der Waals surface area contributed by atoms with Crippen LogP contribution in [-0.2, 0) is 6.42 Å². The van der Waals surface area contributed by atoms with E-state index in [1.165, 1.54) is 16.9 Å². The minimum Gasteiger partial charge on any atom is -0.399 e. The quantitative estimate of drug-likeness (QED) is 0.669. The second-order valence-electron chi connectivity index (χ2n) is 4.10. The number of aldehydes is 1. The first kappa shape index (κ1) is 11.8. The van der Waals surface area contributed by atoms with Crippen molar-refractivity contribution in [1.29, 1.82) is 0 Å². The van der Waals surface area contributed by atoms with Gasteiger partial charge in [0, 0.05) is 17.5 Å².